The highest BCUT2D eigenvalue weighted by molar-refractivity contribution is 5.72. The molecular formula is C11H14N2O2. The van der Waals surface area contributed by atoms with Gasteiger partial charge >= 0.3 is 5.76 Å². The molecule has 4 nitrogen and oxygen atoms in total. The van der Waals surface area contributed by atoms with Gasteiger partial charge in [-0.25, -0.2) is 4.79 Å². The maximum Gasteiger partial charge on any atom is 0.417 e. The molecule has 0 aliphatic carbocycles. The van der Waals surface area contributed by atoms with E-state index in [1.165, 1.54) is 5.56 Å². The summed E-state index contributed by atoms with van der Waals surface area (Å²) in [6.45, 7) is 4.01. The average Bonchev–Trinajstić information content (AvgIpc) is 2.57. The van der Waals surface area contributed by atoms with Crippen LogP contribution < -0.4 is 11.1 Å². The molecule has 0 radical (unpaired) electrons. The van der Waals surface area contributed by atoms with E-state index in [9.17, 15) is 4.79 Å². The Labute approximate surface area is 87.3 Å². The third kappa shape index (κ3) is 2.27. The van der Waals surface area contributed by atoms with E-state index < -0.39 is 5.76 Å². The van der Waals surface area contributed by atoms with E-state index in [0.29, 0.717) is 5.58 Å². The summed E-state index contributed by atoms with van der Waals surface area (Å²) in [6.07, 6.45) is 0.955. The minimum atomic E-state index is -0.395. The zero-order chi connectivity index (χ0) is 10.7. The first-order valence-corrected chi connectivity index (χ1v) is 5.12. The van der Waals surface area contributed by atoms with E-state index in [1.54, 1.807) is 0 Å². The van der Waals surface area contributed by atoms with Crippen molar-refractivity contribution in [2.24, 2.45) is 0 Å². The maximum atomic E-state index is 10.9. The van der Waals surface area contributed by atoms with Crippen molar-refractivity contribution >= 4 is 11.1 Å². The molecule has 15 heavy (non-hydrogen) atoms. The van der Waals surface area contributed by atoms with Crippen LogP contribution in [0.4, 0.5) is 0 Å². The van der Waals surface area contributed by atoms with Crippen molar-refractivity contribution in [3.8, 4) is 0 Å². The van der Waals surface area contributed by atoms with Gasteiger partial charge in [0.1, 0.15) is 0 Å². The summed E-state index contributed by atoms with van der Waals surface area (Å²) in [5.41, 5.74) is 2.58. The SMILES string of the molecule is CCNCCc1ccc2oc(=O)[nH]c2c1. The molecule has 2 aromatic rings. The number of aromatic nitrogens is 1. The van der Waals surface area contributed by atoms with Gasteiger partial charge in [0, 0.05) is 0 Å². The number of H-pyrrole nitrogens is 1. The Morgan fingerprint density at radius 2 is 2.33 bits per heavy atom. The van der Waals surface area contributed by atoms with Crippen LogP contribution >= 0.6 is 0 Å². The van der Waals surface area contributed by atoms with Gasteiger partial charge in [-0.1, -0.05) is 13.0 Å². The van der Waals surface area contributed by atoms with Crippen LogP contribution in [0.2, 0.25) is 0 Å². The smallest absolute Gasteiger partial charge is 0.408 e. The van der Waals surface area contributed by atoms with Crippen LogP contribution in [0.3, 0.4) is 0 Å². The number of hydrogen-bond acceptors (Lipinski definition) is 3. The lowest BCUT2D eigenvalue weighted by atomic mass is 10.1. The van der Waals surface area contributed by atoms with Gasteiger partial charge in [0.05, 0.1) is 5.52 Å². The Balaban J connectivity index is 2.19. The molecule has 2 N–H and O–H groups in total. The lowest BCUT2D eigenvalue weighted by molar-refractivity contribution is 0.555. The molecule has 1 aromatic heterocycles. The van der Waals surface area contributed by atoms with Gasteiger partial charge < -0.3 is 9.73 Å². The Hall–Kier alpha value is -1.55. The number of fused-ring (bicyclic) bond motifs is 1. The third-order valence-corrected chi connectivity index (χ3v) is 2.32. The van der Waals surface area contributed by atoms with Gasteiger partial charge in [0.15, 0.2) is 5.58 Å². The highest BCUT2D eigenvalue weighted by Gasteiger charge is 2.01. The molecular weight excluding hydrogens is 192 g/mol. The van der Waals surface area contributed by atoms with Crippen molar-refractivity contribution < 1.29 is 4.42 Å². The number of hydrogen-bond donors (Lipinski definition) is 2. The normalized spacial score (nSPS) is 11.0. The summed E-state index contributed by atoms with van der Waals surface area (Å²) in [5.74, 6) is -0.395. The van der Waals surface area contributed by atoms with Gasteiger partial charge in [-0.2, -0.15) is 0 Å². The molecule has 0 fully saturated rings. The first-order valence-electron chi connectivity index (χ1n) is 5.12. The summed E-state index contributed by atoms with van der Waals surface area (Å²) in [4.78, 5) is 13.6. The second-order valence-corrected chi connectivity index (χ2v) is 3.45. The van der Waals surface area contributed by atoms with Crippen molar-refractivity contribution in [1.82, 2.24) is 10.3 Å². The fourth-order valence-electron chi connectivity index (χ4n) is 1.56. The molecule has 0 saturated heterocycles. The Morgan fingerprint density at radius 1 is 1.47 bits per heavy atom. The van der Waals surface area contributed by atoms with Crippen molar-refractivity contribution in [2.45, 2.75) is 13.3 Å². The lowest BCUT2D eigenvalue weighted by Crippen LogP contribution is -2.15. The van der Waals surface area contributed by atoms with Gasteiger partial charge in [0.2, 0.25) is 0 Å². The number of nitrogens with one attached hydrogen (secondary N) is 2. The number of oxazole rings is 1. The summed E-state index contributed by atoms with van der Waals surface area (Å²) >= 11 is 0. The topological polar surface area (TPSA) is 58.0 Å². The van der Waals surface area contributed by atoms with Crippen molar-refractivity contribution in [1.29, 1.82) is 0 Å². The third-order valence-electron chi connectivity index (χ3n) is 2.32. The molecule has 0 aliphatic heterocycles. The van der Waals surface area contributed by atoms with Crippen LogP contribution in [0.1, 0.15) is 12.5 Å². The molecule has 1 aromatic carbocycles. The predicted molar refractivity (Wildman–Crippen MR) is 59.1 cm³/mol. The van der Waals surface area contributed by atoms with E-state index >= 15 is 0 Å². The van der Waals surface area contributed by atoms with E-state index in [2.05, 4.69) is 17.2 Å². The Kier molecular flexibility index (Phi) is 2.87. The molecule has 0 aliphatic rings. The minimum absolute atomic E-state index is 0.395. The van der Waals surface area contributed by atoms with Gasteiger partial charge in [-0.3, -0.25) is 4.98 Å². The fourth-order valence-corrected chi connectivity index (χ4v) is 1.56. The highest BCUT2D eigenvalue weighted by atomic mass is 16.4. The van der Waals surface area contributed by atoms with Crippen LogP contribution in [0.5, 0.6) is 0 Å². The molecule has 0 atom stereocenters. The molecule has 1 heterocycles. The van der Waals surface area contributed by atoms with Gasteiger partial charge in [-0.05, 0) is 37.2 Å². The first kappa shape index (κ1) is 9.98. The standard InChI is InChI=1S/C11H14N2O2/c1-2-12-6-5-8-3-4-10-9(7-8)13-11(14)15-10/h3-4,7,12H,2,5-6H2,1H3,(H,13,14). The Bertz CT molecular complexity index is 499. The van der Waals surface area contributed by atoms with Crippen LogP contribution in [-0.2, 0) is 6.42 Å². The number of likely N-dealkylation sites (N-methyl/N-ethyl adjacent to an activating group) is 1. The summed E-state index contributed by atoms with van der Waals surface area (Å²) < 4.78 is 4.92. The van der Waals surface area contributed by atoms with E-state index in [4.69, 9.17) is 4.42 Å². The molecule has 0 unspecified atom stereocenters. The molecule has 0 amide bonds. The van der Waals surface area contributed by atoms with Crippen molar-refractivity contribution in [2.75, 3.05) is 13.1 Å². The van der Waals surface area contributed by atoms with Crippen LogP contribution in [0.25, 0.3) is 11.1 Å². The van der Waals surface area contributed by atoms with Gasteiger partial charge in [-0.15, -0.1) is 0 Å². The summed E-state index contributed by atoms with van der Waals surface area (Å²) in [7, 11) is 0. The molecule has 4 heteroatoms. The van der Waals surface area contributed by atoms with Crippen LogP contribution in [-0.4, -0.2) is 18.1 Å². The zero-order valence-corrected chi connectivity index (χ0v) is 8.67. The Morgan fingerprint density at radius 3 is 3.13 bits per heavy atom. The quantitative estimate of drug-likeness (QED) is 0.741. The number of aromatic amines is 1. The summed E-state index contributed by atoms with van der Waals surface area (Å²) in [5, 5.41) is 3.25. The molecule has 2 rings (SSSR count). The lowest BCUT2D eigenvalue weighted by Gasteiger charge is -2.01. The number of benzene rings is 1. The maximum absolute atomic E-state index is 10.9. The van der Waals surface area contributed by atoms with E-state index in [1.807, 2.05) is 18.2 Å². The second-order valence-electron chi connectivity index (χ2n) is 3.45. The predicted octanol–water partition coefficient (Wildman–Crippen LogP) is 1.27. The van der Waals surface area contributed by atoms with Crippen LogP contribution in [0.15, 0.2) is 27.4 Å². The number of rotatable bonds is 4. The fraction of sp³-hybridized carbons (Fsp3) is 0.364. The van der Waals surface area contributed by atoms with Crippen molar-refractivity contribution in [3.05, 3.63) is 34.3 Å². The van der Waals surface area contributed by atoms with E-state index in [-0.39, 0.29) is 0 Å². The van der Waals surface area contributed by atoms with E-state index in [0.717, 1.165) is 25.0 Å². The second kappa shape index (κ2) is 4.31. The summed E-state index contributed by atoms with van der Waals surface area (Å²) in [6, 6.07) is 5.77. The molecule has 0 saturated carbocycles. The molecule has 0 bridgehead atoms. The zero-order valence-electron chi connectivity index (χ0n) is 8.67. The monoisotopic (exact) mass is 206 g/mol. The molecule has 80 valence electrons. The van der Waals surface area contributed by atoms with Crippen LogP contribution in [0, 0.1) is 0 Å². The van der Waals surface area contributed by atoms with Gasteiger partial charge in [0.25, 0.3) is 0 Å². The first-order chi connectivity index (χ1) is 7.29. The van der Waals surface area contributed by atoms with Crippen molar-refractivity contribution in [3.63, 3.8) is 0 Å². The largest absolute Gasteiger partial charge is 0.417 e. The average molecular weight is 206 g/mol. The minimum Gasteiger partial charge on any atom is -0.408 e. The molecule has 0 spiro atoms. The highest BCUT2D eigenvalue weighted by Crippen LogP contribution is 2.12.